The Kier molecular flexibility index (Phi) is 7.40. The van der Waals surface area contributed by atoms with E-state index in [1.54, 1.807) is 23.0 Å². The van der Waals surface area contributed by atoms with Crippen LogP contribution in [-0.2, 0) is 0 Å². The number of hydrogen-bond acceptors (Lipinski definition) is 5. The lowest BCUT2D eigenvalue weighted by Crippen LogP contribution is -2.23. The SMILES string of the molecule is CC(=NSNC(=O)Nc1c(C)cccc1C)c1ccc2c(ccc3c2ncn3-c2ccc(OC(F)(F)F)cc2)c1. The smallest absolute Gasteiger partial charge is 0.406 e. The molecule has 0 fully saturated rings. The molecule has 5 aromatic rings. The average Bonchev–Trinajstić information content (AvgIpc) is 3.35. The lowest BCUT2D eigenvalue weighted by Gasteiger charge is -2.11. The molecule has 2 N–H and O–H groups in total. The third kappa shape index (κ3) is 5.89. The van der Waals surface area contributed by atoms with Crippen LogP contribution in [0.5, 0.6) is 5.75 Å². The van der Waals surface area contributed by atoms with Gasteiger partial charge >= 0.3 is 12.4 Å². The number of nitrogens with one attached hydrogen (secondary N) is 2. The fourth-order valence-corrected chi connectivity index (χ4v) is 4.81. The highest BCUT2D eigenvalue weighted by Crippen LogP contribution is 2.29. The van der Waals surface area contributed by atoms with Crippen molar-refractivity contribution in [2.45, 2.75) is 27.1 Å². The summed E-state index contributed by atoms with van der Waals surface area (Å²) in [6.07, 6.45) is -3.11. The Balaban J connectivity index is 1.30. The van der Waals surface area contributed by atoms with Gasteiger partial charge in [-0.25, -0.2) is 9.78 Å². The van der Waals surface area contributed by atoms with Gasteiger partial charge in [-0.3, -0.25) is 9.29 Å². The Hall–Kier alpha value is -4.51. The summed E-state index contributed by atoms with van der Waals surface area (Å²) in [6.45, 7) is 5.73. The lowest BCUT2D eigenvalue weighted by molar-refractivity contribution is -0.274. The molecule has 0 saturated carbocycles. The van der Waals surface area contributed by atoms with Crippen molar-refractivity contribution in [3.05, 3.63) is 95.8 Å². The normalized spacial score (nSPS) is 12.1. The van der Waals surface area contributed by atoms with Gasteiger partial charge in [0.25, 0.3) is 0 Å². The molecule has 0 aliphatic carbocycles. The second kappa shape index (κ2) is 10.9. The van der Waals surface area contributed by atoms with Crippen molar-refractivity contribution < 1.29 is 22.7 Å². The molecule has 4 aromatic carbocycles. The zero-order valence-corrected chi connectivity index (χ0v) is 22.5. The van der Waals surface area contributed by atoms with Crippen LogP contribution in [0, 0.1) is 13.8 Å². The van der Waals surface area contributed by atoms with Crippen LogP contribution in [0.4, 0.5) is 23.7 Å². The fraction of sp³-hybridized carbons (Fsp3) is 0.138. The zero-order chi connectivity index (χ0) is 28.4. The van der Waals surface area contributed by atoms with Crippen molar-refractivity contribution >= 4 is 51.4 Å². The van der Waals surface area contributed by atoms with Crippen LogP contribution in [0.3, 0.4) is 0 Å². The Morgan fingerprint density at radius 1 is 1.00 bits per heavy atom. The van der Waals surface area contributed by atoms with Gasteiger partial charge in [0.2, 0.25) is 0 Å². The van der Waals surface area contributed by atoms with Crippen LogP contribution in [0.25, 0.3) is 27.5 Å². The van der Waals surface area contributed by atoms with Gasteiger partial charge in [-0.05, 0) is 79.2 Å². The van der Waals surface area contributed by atoms with Gasteiger partial charge in [-0.1, -0.05) is 36.4 Å². The van der Waals surface area contributed by atoms with Gasteiger partial charge < -0.3 is 10.1 Å². The predicted octanol–water partition coefficient (Wildman–Crippen LogP) is 7.89. The van der Waals surface area contributed by atoms with Crippen LogP contribution in [-0.4, -0.2) is 27.7 Å². The minimum Gasteiger partial charge on any atom is -0.406 e. The quantitative estimate of drug-likeness (QED) is 0.163. The van der Waals surface area contributed by atoms with E-state index in [0.717, 1.165) is 62.0 Å². The first-order chi connectivity index (χ1) is 19.1. The second-order valence-corrected chi connectivity index (χ2v) is 9.69. The first-order valence-electron chi connectivity index (χ1n) is 12.2. The summed E-state index contributed by atoms with van der Waals surface area (Å²) in [5.41, 5.74) is 6.56. The number of para-hydroxylation sites is 1. The number of benzene rings is 4. The molecule has 5 rings (SSSR count). The molecule has 0 bridgehead atoms. The summed E-state index contributed by atoms with van der Waals surface area (Å²) in [4.78, 5) is 16.9. The molecule has 11 heteroatoms. The number of halogens is 3. The van der Waals surface area contributed by atoms with Gasteiger partial charge in [0.1, 0.15) is 12.1 Å². The van der Waals surface area contributed by atoms with Gasteiger partial charge in [0.05, 0.1) is 28.9 Å². The maximum Gasteiger partial charge on any atom is 0.573 e. The van der Waals surface area contributed by atoms with Crippen LogP contribution in [0.15, 0.2) is 83.5 Å². The number of urea groups is 1. The zero-order valence-electron chi connectivity index (χ0n) is 21.7. The van der Waals surface area contributed by atoms with E-state index in [9.17, 15) is 18.0 Å². The molecule has 1 aromatic heterocycles. The van der Waals surface area contributed by atoms with Crippen molar-refractivity contribution in [2.75, 3.05) is 5.32 Å². The van der Waals surface area contributed by atoms with E-state index in [4.69, 9.17) is 0 Å². The topological polar surface area (TPSA) is 80.5 Å². The summed E-state index contributed by atoms with van der Waals surface area (Å²) in [5.74, 6) is -0.286. The monoisotopic (exact) mass is 563 g/mol. The molecule has 0 aliphatic rings. The van der Waals surface area contributed by atoms with Gasteiger partial charge in [-0.2, -0.15) is 4.40 Å². The Morgan fingerprint density at radius 3 is 2.42 bits per heavy atom. The number of hydrogen-bond donors (Lipinski definition) is 2. The summed E-state index contributed by atoms with van der Waals surface area (Å²) >= 11 is 0.947. The molecule has 2 amide bonds. The van der Waals surface area contributed by atoms with Crippen LogP contribution in [0.2, 0.25) is 0 Å². The molecule has 7 nitrogen and oxygen atoms in total. The molecule has 0 spiro atoms. The highest BCUT2D eigenvalue weighted by Gasteiger charge is 2.31. The van der Waals surface area contributed by atoms with E-state index in [1.807, 2.05) is 69.3 Å². The lowest BCUT2D eigenvalue weighted by atomic mass is 10.0. The first kappa shape index (κ1) is 27.1. The van der Waals surface area contributed by atoms with E-state index in [-0.39, 0.29) is 11.8 Å². The van der Waals surface area contributed by atoms with E-state index in [1.165, 1.54) is 12.1 Å². The maximum atomic E-state index is 12.5. The van der Waals surface area contributed by atoms with Crippen molar-refractivity contribution in [3.63, 3.8) is 0 Å². The first-order valence-corrected chi connectivity index (χ1v) is 13.0. The number of carbonyl (C=O) groups excluding carboxylic acids is 1. The van der Waals surface area contributed by atoms with Crippen LogP contribution in [0.1, 0.15) is 23.6 Å². The molecule has 0 aliphatic heterocycles. The Morgan fingerprint density at radius 2 is 1.73 bits per heavy atom. The number of alkyl halides is 3. The van der Waals surface area contributed by atoms with Crippen molar-refractivity contribution in [1.29, 1.82) is 0 Å². The van der Waals surface area contributed by atoms with Crippen molar-refractivity contribution in [2.24, 2.45) is 4.40 Å². The molecular weight excluding hydrogens is 539 g/mol. The number of amides is 2. The third-order valence-electron chi connectivity index (χ3n) is 6.34. The van der Waals surface area contributed by atoms with Crippen molar-refractivity contribution in [1.82, 2.24) is 14.3 Å². The molecule has 40 heavy (non-hydrogen) atoms. The maximum absolute atomic E-state index is 12.5. The fourth-order valence-electron chi connectivity index (χ4n) is 4.38. The summed E-state index contributed by atoms with van der Waals surface area (Å²) in [7, 11) is 0. The van der Waals surface area contributed by atoms with Gasteiger partial charge in [-0.15, -0.1) is 13.2 Å². The number of fused-ring (bicyclic) bond motifs is 3. The van der Waals surface area contributed by atoms with Gasteiger partial charge in [0.15, 0.2) is 0 Å². The average molecular weight is 564 g/mol. The summed E-state index contributed by atoms with van der Waals surface area (Å²) in [6, 6.07) is 20.8. The number of aromatic nitrogens is 2. The summed E-state index contributed by atoms with van der Waals surface area (Å²) in [5, 5.41) is 4.73. The van der Waals surface area contributed by atoms with Gasteiger partial charge in [0, 0.05) is 16.8 Å². The molecule has 0 saturated heterocycles. The molecule has 1 heterocycles. The number of imidazole rings is 1. The van der Waals surface area contributed by atoms with E-state index < -0.39 is 6.36 Å². The molecule has 0 radical (unpaired) electrons. The van der Waals surface area contributed by atoms with E-state index in [0.29, 0.717) is 5.69 Å². The predicted molar refractivity (Wildman–Crippen MR) is 153 cm³/mol. The molecule has 0 unspecified atom stereocenters. The third-order valence-corrected chi connectivity index (χ3v) is 6.98. The number of carbonyl (C=O) groups is 1. The Bertz CT molecular complexity index is 1730. The minimum atomic E-state index is -4.74. The molecule has 204 valence electrons. The minimum absolute atomic E-state index is 0.286. The largest absolute Gasteiger partial charge is 0.573 e. The van der Waals surface area contributed by atoms with E-state index >= 15 is 0 Å². The number of ether oxygens (including phenoxy) is 1. The molecule has 0 atom stereocenters. The van der Waals surface area contributed by atoms with Crippen molar-refractivity contribution in [3.8, 4) is 11.4 Å². The highest BCUT2D eigenvalue weighted by molar-refractivity contribution is 7.96. The molecular formula is C29H24F3N5O2S. The Labute approximate surface area is 232 Å². The number of anilines is 1. The number of nitrogens with zero attached hydrogens (tertiary/aromatic N) is 3. The van der Waals surface area contributed by atoms with Crippen LogP contribution < -0.4 is 14.8 Å². The van der Waals surface area contributed by atoms with Crippen LogP contribution >= 0.6 is 12.1 Å². The number of rotatable bonds is 6. The number of aryl methyl sites for hydroxylation is 2. The summed E-state index contributed by atoms with van der Waals surface area (Å²) < 4.78 is 50.3. The highest BCUT2D eigenvalue weighted by atomic mass is 32.2. The standard InChI is InChI=1S/C29H24F3N5O2S/c1-17-5-4-6-18(2)26(17)34-28(38)36-40-35-19(3)20-7-13-24-21(15-20)8-14-25-27(24)33-16-37(25)22-9-11-23(12-10-22)39-29(30,31)32/h4-16H,1-3H3,(H2,34,36,38). The second-order valence-electron chi connectivity index (χ2n) is 9.12. The van der Waals surface area contributed by atoms with E-state index in [2.05, 4.69) is 24.2 Å².